The molecule has 170 valence electrons. The van der Waals surface area contributed by atoms with Crippen LogP contribution in [0, 0.1) is 10.1 Å². The molecule has 0 aliphatic rings. The predicted octanol–water partition coefficient (Wildman–Crippen LogP) is 4.49. The molecule has 4 rings (SSSR count). The molecule has 1 unspecified atom stereocenters. The fourth-order valence-corrected chi connectivity index (χ4v) is 4.08. The van der Waals surface area contributed by atoms with Gasteiger partial charge in [-0.2, -0.15) is 0 Å². The molecule has 0 saturated heterocycles. The first kappa shape index (κ1) is 22.3. The minimum atomic E-state index is -0.621. The molecule has 0 fully saturated rings. The molecule has 0 aliphatic carbocycles. The van der Waals surface area contributed by atoms with E-state index in [9.17, 15) is 14.9 Å². The maximum atomic E-state index is 12.7. The molecule has 2 heterocycles. The van der Waals surface area contributed by atoms with E-state index in [2.05, 4.69) is 10.3 Å². The summed E-state index contributed by atoms with van der Waals surface area (Å²) in [6.45, 7) is 2.42. The molecule has 0 saturated carbocycles. The Morgan fingerprint density at radius 2 is 2.03 bits per heavy atom. The highest BCUT2D eigenvalue weighted by molar-refractivity contribution is 6.08. The van der Waals surface area contributed by atoms with Crippen molar-refractivity contribution in [2.24, 2.45) is 0 Å². The quantitative estimate of drug-likeness (QED) is 0.283. The summed E-state index contributed by atoms with van der Waals surface area (Å²) in [6, 6.07) is 15.2. The van der Waals surface area contributed by atoms with Crippen molar-refractivity contribution in [3.05, 3.63) is 82.2 Å². The Morgan fingerprint density at radius 1 is 1.21 bits per heavy atom. The van der Waals surface area contributed by atoms with Gasteiger partial charge in [0.1, 0.15) is 0 Å². The molecule has 33 heavy (non-hydrogen) atoms. The molecule has 8 nitrogen and oxygen atoms in total. The van der Waals surface area contributed by atoms with Crippen molar-refractivity contribution in [3.63, 3.8) is 0 Å². The number of carbonyl (C=O) groups is 1. The molecular weight excluding hydrogens is 422 g/mol. The van der Waals surface area contributed by atoms with Crippen molar-refractivity contribution in [2.75, 3.05) is 19.7 Å². The topological polar surface area (TPSA) is 108 Å². The highest BCUT2D eigenvalue weighted by atomic mass is 16.6. The van der Waals surface area contributed by atoms with Crippen molar-refractivity contribution in [1.82, 2.24) is 10.3 Å². The van der Waals surface area contributed by atoms with E-state index in [-0.39, 0.29) is 23.8 Å². The monoisotopic (exact) mass is 447 g/mol. The van der Waals surface area contributed by atoms with Crippen LogP contribution < -0.4 is 10.1 Å². The Balaban J connectivity index is 1.62. The second kappa shape index (κ2) is 10.1. The van der Waals surface area contributed by atoms with Crippen LogP contribution in [0.1, 0.15) is 30.4 Å². The predicted molar refractivity (Wildman–Crippen MR) is 125 cm³/mol. The van der Waals surface area contributed by atoms with E-state index < -0.39 is 5.92 Å². The largest absolute Gasteiger partial charge is 0.490 e. The molecule has 4 aromatic rings. The summed E-state index contributed by atoms with van der Waals surface area (Å²) in [5.74, 6) is -0.294. The Kier molecular flexibility index (Phi) is 6.83. The van der Waals surface area contributed by atoms with E-state index in [1.807, 2.05) is 43.3 Å². The van der Waals surface area contributed by atoms with Crippen molar-refractivity contribution in [3.8, 4) is 5.75 Å². The molecule has 1 amide bonds. The van der Waals surface area contributed by atoms with Gasteiger partial charge in [-0.25, -0.2) is 0 Å². The summed E-state index contributed by atoms with van der Waals surface area (Å²) in [4.78, 5) is 27.9. The molecule has 2 aromatic carbocycles. The number of pyridine rings is 1. The first-order chi connectivity index (χ1) is 16.1. The maximum absolute atomic E-state index is 12.7. The highest BCUT2D eigenvalue weighted by Gasteiger charge is 2.27. The van der Waals surface area contributed by atoms with Gasteiger partial charge in [0, 0.05) is 34.9 Å². The van der Waals surface area contributed by atoms with E-state index in [4.69, 9.17) is 9.15 Å². The third kappa shape index (κ3) is 5.11. The number of fused-ring (bicyclic) bond motifs is 3. The maximum Gasteiger partial charge on any atom is 0.220 e. The Hall–Kier alpha value is -3.94. The van der Waals surface area contributed by atoms with Gasteiger partial charge in [-0.1, -0.05) is 36.4 Å². The molecule has 2 aromatic heterocycles. The van der Waals surface area contributed by atoms with Crippen molar-refractivity contribution in [1.29, 1.82) is 0 Å². The van der Waals surface area contributed by atoms with Crippen LogP contribution in [0.4, 0.5) is 0 Å². The number of benzene rings is 2. The molecule has 0 radical (unpaired) electrons. The van der Waals surface area contributed by atoms with Gasteiger partial charge in [-0.05, 0) is 36.6 Å². The van der Waals surface area contributed by atoms with E-state index in [0.717, 1.165) is 16.3 Å². The summed E-state index contributed by atoms with van der Waals surface area (Å²) in [5.41, 5.74) is 2.88. The van der Waals surface area contributed by atoms with Crippen molar-refractivity contribution in [2.45, 2.75) is 25.7 Å². The van der Waals surface area contributed by atoms with E-state index in [0.29, 0.717) is 42.1 Å². The normalized spacial score (nSPS) is 12.0. The van der Waals surface area contributed by atoms with Crippen LogP contribution in [0.25, 0.3) is 21.9 Å². The van der Waals surface area contributed by atoms with Crippen LogP contribution in [0.5, 0.6) is 5.75 Å². The Bertz CT molecular complexity index is 1270. The first-order valence-corrected chi connectivity index (χ1v) is 10.9. The molecular formula is C25H25N3O5. The summed E-state index contributed by atoms with van der Waals surface area (Å²) in [6.07, 6.45) is 3.94. The average molecular weight is 447 g/mol. The fraction of sp³-hybridized carbons (Fsp3) is 0.280. The zero-order chi connectivity index (χ0) is 23.2. The van der Waals surface area contributed by atoms with Gasteiger partial charge >= 0.3 is 0 Å². The second-order valence-corrected chi connectivity index (χ2v) is 7.77. The van der Waals surface area contributed by atoms with Crippen LogP contribution in [0.3, 0.4) is 0 Å². The van der Waals surface area contributed by atoms with Gasteiger partial charge in [0.2, 0.25) is 12.5 Å². The van der Waals surface area contributed by atoms with E-state index in [1.54, 1.807) is 24.5 Å². The zero-order valence-corrected chi connectivity index (χ0v) is 18.3. The smallest absolute Gasteiger partial charge is 0.220 e. The van der Waals surface area contributed by atoms with Crippen LogP contribution >= 0.6 is 0 Å². The lowest BCUT2D eigenvalue weighted by Gasteiger charge is -2.16. The van der Waals surface area contributed by atoms with Crippen LogP contribution in [-0.2, 0) is 11.2 Å². The Labute approximate surface area is 190 Å². The van der Waals surface area contributed by atoms with Crippen molar-refractivity contribution >= 4 is 27.8 Å². The standard InChI is InChI=1S/C25H25N3O5/c1-2-32-21-9-8-19(24-20-11-12-26-15-22(20)33-25(21)24)18(16-28(30)31)14-23(29)27-13-10-17-6-4-3-5-7-17/h3-9,11-12,15,18H,2,10,13-14,16H2,1H3,(H,27,29). The number of furan rings is 1. The lowest BCUT2D eigenvalue weighted by Crippen LogP contribution is -2.29. The van der Waals surface area contributed by atoms with Crippen molar-refractivity contribution < 1.29 is 18.9 Å². The number of carbonyl (C=O) groups excluding carboxylic acids is 1. The van der Waals surface area contributed by atoms with Gasteiger partial charge in [0.25, 0.3) is 0 Å². The summed E-state index contributed by atoms with van der Waals surface area (Å²) in [7, 11) is 0. The number of hydrogen-bond donors (Lipinski definition) is 1. The molecule has 0 aliphatic heterocycles. The van der Waals surface area contributed by atoms with E-state index in [1.165, 1.54) is 0 Å². The van der Waals surface area contributed by atoms with Gasteiger partial charge < -0.3 is 14.5 Å². The molecule has 1 N–H and O–H groups in total. The third-order valence-corrected chi connectivity index (χ3v) is 5.54. The summed E-state index contributed by atoms with van der Waals surface area (Å²) in [5, 5.41) is 15.9. The molecule has 0 bridgehead atoms. The summed E-state index contributed by atoms with van der Waals surface area (Å²) >= 11 is 0. The first-order valence-electron chi connectivity index (χ1n) is 10.9. The van der Waals surface area contributed by atoms with Crippen LogP contribution in [-0.4, -0.2) is 35.5 Å². The number of hydrogen-bond acceptors (Lipinski definition) is 6. The lowest BCUT2D eigenvalue weighted by atomic mass is 9.91. The number of amides is 1. The van der Waals surface area contributed by atoms with Gasteiger partial charge in [0.15, 0.2) is 16.9 Å². The number of aromatic nitrogens is 1. The number of nitro groups is 1. The van der Waals surface area contributed by atoms with Gasteiger partial charge in [-0.15, -0.1) is 0 Å². The number of nitrogens with zero attached hydrogens (tertiary/aromatic N) is 2. The summed E-state index contributed by atoms with van der Waals surface area (Å²) < 4.78 is 11.7. The lowest BCUT2D eigenvalue weighted by molar-refractivity contribution is -0.483. The number of nitrogens with one attached hydrogen (secondary N) is 1. The second-order valence-electron chi connectivity index (χ2n) is 7.77. The van der Waals surface area contributed by atoms with Gasteiger partial charge in [0.05, 0.1) is 18.7 Å². The minimum Gasteiger partial charge on any atom is -0.490 e. The van der Waals surface area contributed by atoms with E-state index >= 15 is 0 Å². The zero-order valence-electron chi connectivity index (χ0n) is 18.3. The third-order valence-electron chi connectivity index (χ3n) is 5.54. The molecule has 1 atom stereocenters. The van der Waals surface area contributed by atoms with Gasteiger partial charge in [-0.3, -0.25) is 19.9 Å². The molecule has 8 heteroatoms. The number of rotatable bonds is 10. The minimum absolute atomic E-state index is 0.00336. The fourth-order valence-electron chi connectivity index (χ4n) is 4.08. The highest BCUT2D eigenvalue weighted by Crippen LogP contribution is 2.40. The number of ether oxygens (including phenoxy) is 1. The Morgan fingerprint density at radius 3 is 2.79 bits per heavy atom. The van der Waals surface area contributed by atoms with Crippen LogP contribution in [0.15, 0.2) is 65.3 Å². The van der Waals surface area contributed by atoms with Crippen LogP contribution in [0.2, 0.25) is 0 Å². The average Bonchev–Trinajstić information content (AvgIpc) is 3.20. The molecule has 0 spiro atoms. The SMILES string of the molecule is CCOc1ccc(C(CC(=O)NCCc2ccccc2)C[N+](=O)[O-])c2c1oc1cnccc12.